The first kappa shape index (κ1) is 12.8. The predicted octanol–water partition coefficient (Wildman–Crippen LogP) is 2.74. The van der Waals surface area contributed by atoms with Crippen LogP contribution in [0.5, 0.6) is 5.75 Å². The Hall–Kier alpha value is -1.24. The van der Waals surface area contributed by atoms with E-state index >= 15 is 0 Å². The van der Waals surface area contributed by atoms with Crippen molar-refractivity contribution in [1.29, 1.82) is 5.26 Å². The third kappa shape index (κ3) is 4.09. The molecule has 0 aliphatic heterocycles. The van der Waals surface area contributed by atoms with E-state index in [0.717, 1.165) is 12.1 Å². The first-order chi connectivity index (χ1) is 7.63. The fourth-order valence-electron chi connectivity index (χ4n) is 1.20. The van der Waals surface area contributed by atoms with E-state index in [9.17, 15) is 0 Å². The normalized spacial score (nSPS) is 10.2. The maximum Gasteiger partial charge on any atom is 0.174 e. The van der Waals surface area contributed by atoms with Gasteiger partial charge in [-0.3, -0.25) is 0 Å². The molecule has 4 heteroatoms. The molecule has 1 aromatic rings. The van der Waals surface area contributed by atoms with Crippen LogP contribution >= 0.6 is 11.6 Å². The molecule has 0 fully saturated rings. The molecule has 0 aromatic heterocycles. The molecule has 0 unspecified atom stereocenters. The van der Waals surface area contributed by atoms with Crippen molar-refractivity contribution in [3.05, 3.63) is 28.8 Å². The summed E-state index contributed by atoms with van der Waals surface area (Å²) in [6.45, 7) is 4.97. The van der Waals surface area contributed by atoms with Crippen molar-refractivity contribution in [2.45, 2.75) is 26.4 Å². The Balaban J connectivity index is 2.64. The van der Waals surface area contributed by atoms with Crippen molar-refractivity contribution in [3.63, 3.8) is 0 Å². The van der Waals surface area contributed by atoms with Gasteiger partial charge in [0.1, 0.15) is 11.8 Å². The number of ether oxygens (including phenoxy) is 1. The highest BCUT2D eigenvalue weighted by molar-refractivity contribution is 6.32. The molecule has 16 heavy (non-hydrogen) atoms. The highest BCUT2D eigenvalue weighted by Gasteiger charge is 2.03. The van der Waals surface area contributed by atoms with Crippen molar-refractivity contribution in [1.82, 2.24) is 5.32 Å². The Morgan fingerprint density at radius 1 is 1.50 bits per heavy atom. The predicted molar refractivity (Wildman–Crippen MR) is 64.5 cm³/mol. The van der Waals surface area contributed by atoms with Crippen LogP contribution in [-0.4, -0.2) is 12.6 Å². The monoisotopic (exact) mass is 238 g/mol. The molecule has 1 rings (SSSR count). The molecule has 86 valence electrons. The van der Waals surface area contributed by atoms with Gasteiger partial charge < -0.3 is 10.1 Å². The zero-order valence-corrected chi connectivity index (χ0v) is 10.2. The summed E-state index contributed by atoms with van der Waals surface area (Å²) in [4.78, 5) is 0. The maximum absolute atomic E-state index is 8.39. The number of rotatable bonds is 5. The molecule has 0 saturated heterocycles. The molecule has 0 saturated carbocycles. The zero-order valence-electron chi connectivity index (χ0n) is 9.46. The van der Waals surface area contributed by atoms with Gasteiger partial charge in [0.2, 0.25) is 0 Å². The summed E-state index contributed by atoms with van der Waals surface area (Å²) in [5.74, 6) is 0.552. The number of hydrogen-bond donors (Lipinski definition) is 1. The molecule has 0 atom stereocenters. The second kappa shape index (κ2) is 6.37. The van der Waals surface area contributed by atoms with Gasteiger partial charge in [-0.2, -0.15) is 5.26 Å². The van der Waals surface area contributed by atoms with Crippen LogP contribution in [0.3, 0.4) is 0 Å². The lowest BCUT2D eigenvalue weighted by Crippen LogP contribution is -2.21. The Kier molecular flexibility index (Phi) is 5.10. The number of nitriles is 1. The van der Waals surface area contributed by atoms with Crippen LogP contribution in [0.2, 0.25) is 5.02 Å². The Bertz CT molecular complexity index is 385. The van der Waals surface area contributed by atoms with Crippen molar-refractivity contribution < 1.29 is 4.74 Å². The van der Waals surface area contributed by atoms with Gasteiger partial charge in [0.15, 0.2) is 6.61 Å². The number of halogens is 1. The molecule has 0 aliphatic carbocycles. The molecule has 1 aromatic carbocycles. The highest BCUT2D eigenvalue weighted by atomic mass is 35.5. The fourth-order valence-corrected chi connectivity index (χ4v) is 1.46. The number of hydrogen-bond acceptors (Lipinski definition) is 3. The second-order valence-electron chi connectivity index (χ2n) is 3.75. The highest BCUT2D eigenvalue weighted by Crippen LogP contribution is 2.25. The summed E-state index contributed by atoms with van der Waals surface area (Å²) in [5, 5.41) is 12.2. The molecule has 0 amide bonds. The molecule has 0 heterocycles. The molecule has 0 radical (unpaired) electrons. The minimum absolute atomic E-state index is 0.0172. The van der Waals surface area contributed by atoms with Gasteiger partial charge in [0.25, 0.3) is 0 Å². The van der Waals surface area contributed by atoms with Gasteiger partial charge in [-0.05, 0) is 17.7 Å². The minimum Gasteiger partial charge on any atom is -0.477 e. The average molecular weight is 239 g/mol. The number of nitrogens with one attached hydrogen (secondary N) is 1. The van der Waals surface area contributed by atoms with Crippen LogP contribution < -0.4 is 10.1 Å². The van der Waals surface area contributed by atoms with E-state index in [1.807, 2.05) is 18.2 Å². The Morgan fingerprint density at radius 3 is 2.81 bits per heavy atom. The first-order valence-electron chi connectivity index (χ1n) is 5.15. The van der Waals surface area contributed by atoms with E-state index in [0.29, 0.717) is 16.8 Å². The van der Waals surface area contributed by atoms with Crippen molar-refractivity contribution in [2.75, 3.05) is 6.61 Å². The third-order valence-electron chi connectivity index (χ3n) is 2.00. The number of nitrogens with zero attached hydrogens (tertiary/aromatic N) is 1. The molecule has 0 bridgehead atoms. The van der Waals surface area contributed by atoms with E-state index < -0.39 is 0 Å². The zero-order chi connectivity index (χ0) is 12.0. The largest absolute Gasteiger partial charge is 0.477 e. The standard InChI is InChI=1S/C12H15ClN2O/c1-9(2)15-8-10-3-4-12(11(13)7-10)16-6-5-14/h3-4,7,9,15H,6,8H2,1-2H3. The third-order valence-corrected chi connectivity index (χ3v) is 2.30. The van der Waals surface area contributed by atoms with E-state index in [4.69, 9.17) is 21.6 Å². The van der Waals surface area contributed by atoms with E-state index in [1.165, 1.54) is 0 Å². The van der Waals surface area contributed by atoms with Gasteiger partial charge >= 0.3 is 0 Å². The van der Waals surface area contributed by atoms with E-state index in [1.54, 1.807) is 6.07 Å². The van der Waals surface area contributed by atoms with Crippen LogP contribution in [-0.2, 0) is 6.54 Å². The Labute approximate surface area is 101 Å². The minimum atomic E-state index is 0.0172. The van der Waals surface area contributed by atoms with E-state index in [2.05, 4.69) is 19.2 Å². The van der Waals surface area contributed by atoms with Crippen molar-refractivity contribution in [2.24, 2.45) is 0 Å². The summed E-state index contributed by atoms with van der Waals surface area (Å²) in [6, 6.07) is 7.92. The van der Waals surface area contributed by atoms with Gasteiger partial charge in [-0.1, -0.05) is 31.5 Å². The molecule has 3 nitrogen and oxygen atoms in total. The van der Waals surface area contributed by atoms with Gasteiger partial charge in [-0.25, -0.2) is 0 Å². The lowest BCUT2D eigenvalue weighted by atomic mass is 10.2. The van der Waals surface area contributed by atoms with Gasteiger partial charge in [0, 0.05) is 12.6 Å². The van der Waals surface area contributed by atoms with Crippen molar-refractivity contribution in [3.8, 4) is 11.8 Å². The van der Waals surface area contributed by atoms with Crippen LogP contribution in [0.1, 0.15) is 19.4 Å². The first-order valence-corrected chi connectivity index (χ1v) is 5.53. The molecule has 0 aliphatic rings. The van der Waals surface area contributed by atoms with E-state index in [-0.39, 0.29) is 6.61 Å². The molecule has 0 spiro atoms. The van der Waals surface area contributed by atoms with Crippen LogP contribution in [0.4, 0.5) is 0 Å². The van der Waals surface area contributed by atoms with Crippen molar-refractivity contribution >= 4 is 11.6 Å². The summed E-state index contributed by atoms with van der Waals surface area (Å²) >= 11 is 6.02. The second-order valence-corrected chi connectivity index (χ2v) is 4.15. The van der Waals surface area contributed by atoms with Crippen LogP contribution in [0.25, 0.3) is 0 Å². The number of benzene rings is 1. The molecular weight excluding hydrogens is 224 g/mol. The maximum atomic E-state index is 8.39. The Morgan fingerprint density at radius 2 is 2.25 bits per heavy atom. The lowest BCUT2D eigenvalue weighted by molar-refractivity contribution is 0.368. The van der Waals surface area contributed by atoms with Gasteiger partial charge in [-0.15, -0.1) is 0 Å². The van der Waals surface area contributed by atoms with Crippen LogP contribution in [0, 0.1) is 11.3 Å². The fraction of sp³-hybridized carbons (Fsp3) is 0.417. The summed E-state index contributed by atoms with van der Waals surface area (Å²) in [6.07, 6.45) is 0. The lowest BCUT2D eigenvalue weighted by Gasteiger charge is -2.10. The SMILES string of the molecule is CC(C)NCc1ccc(OCC#N)c(Cl)c1. The summed E-state index contributed by atoms with van der Waals surface area (Å²) < 4.78 is 5.15. The van der Waals surface area contributed by atoms with Gasteiger partial charge in [0.05, 0.1) is 5.02 Å². The molecular formula is C12H15ClN2O. The average Bonchev–Trinajstić information content (AvgIpc) is 2.25. The topological polar surface area (TPSA) is 45.0 Å². The van der Waals surface area contributed by atoms with Crippen LogP contribution in [0.15, 0.2) is 18.2 Å². The smallest absolute Gasteiger partial charge is 0.174 e. The molecule has 1 N–H and O–H groups in total. The summed E-state index contributed by atoms with van der Waals surface area (Å²) in [5.41, 5.74) is 1.10. The quantitative estimate of drug-likeness (QED) is 0.858. The summed E-state index contributed by atoms with van der Waals surface area (Å²) in [7, 11) is 0.